The number of amides is 1. The van der Waals surface area contributed by atoms with Gasteiger partial charge in [-0.25, -0.2) is 13.2 Å². The van der Waals surface area contributed by atoms with E-state index in [4.69, 9.17) is 21.1 Å². The van der Waals surface area contributed by atoms with Gasteiger partial charge in [-0.15, -0.1) is 0 Å². The van der Waals surface area contributed by atoms with Crippen molar-refractivity contribution >= 4 is 33.5 Å². The van der Waals surface area contributed by atoms with Gasteiger partial charge in [0.25, 0.3) is 0 Å². The summed E-state index contributed by atoms with van der Waals surface area (Å²) in [7, 11) is -1.91. The molecule has 5 rings (SSSR count). The van der Waals surface area contributed by atoms with E-state index in [1.54, 1.807) is 4.31 Å². The highest BCUT2D eigenvalue weighted by atomic mass is 35.5. The number of Topliss-reactive ketones (excluding diaryl/α,β-unsaturated/α-hetero) is 1. The van der Waals surface area contributed by atoms with E-state index in [9.17, 15) is 18.0 Å². The van der Waals surface area contributed by atoms with Crippen LogP contribution in [0.5, 0.6) is 0 Å². The van der Waals surface area contributed by atoms with Crippen molar-refractivity contribution in [1.82, 2.24) is 14.9 Å². The number of methoxy groups -OCH3 is 1. The maximum atomic E-state index is 14.3. The van der Waals surface area contributed by atoms with Crippen molar-refractivity contribution in [3.05, 3.63) is 34.9 Å². The molecule has 7 atom stereocenters. The van der Waals surface area contributed by atoms with Crippen molar-refractivity contribution in [2.24, 2.45) is 17.8 Å². The molecular weight excluding hydrogens is 590 g/mol. The summed E-state index contributed by atoms with van der Waals surface area (Å²) in [6.07, 6.45) is 8.93. The van der Waals surface area contributed by atoms with Gasteiger partial charge in [0, 0.05) is 55.7 Å². The normalized spacial score (nSPS) is 30.9. The lowest BCUT2D eigenvalue weighted by molar-refractivity contribution is -0.123. The molecule has 3 aliphatic heterocycles. The second-order valence-corrected chi connectivity index (χ2v) is 15.5. The lowest BCUT2D eigenvalue weighted by atomic mass is 9.71. The summed E-state index contributed by atoms with van der Waals surface area (Å²) >= 11 is 6.22. The topological polar surface area (TPSA) is 114 Å². The maximum absolute atomic E-state index is 14.3. The maximum Gasteiger partial charge on any atom is 0.407 e. The molecule has 3 heterocycles. The molecule has 1 aliphatic carbocycles. The monoisotopic (exact) mass is 637 g/mol. The van der Waals surface area contributed by atoms with Crippen molar-refractivity contribution in [1.29, 1.82) is 0 Å². The van der Waals surface area contributed by atoms with Crippen molar-refractivity contribution in [3.8, 4) is 0 Å². The molecule has 0 spiro atoms. The quantitative estimate of drug-likeness (QED) is 0.376. The fraction of sp³-hybridized carbons (Fsp3) is 0.750. The summed E-state index contributed by atoms with van der Waals surface area (Å²) in [5, 5.41) is 7.14. The van der Waals surface area contributed by atoms with Crippen molar-refractivity contribution in [2.75, 3.05) is 39.2 Å². The highest BCUT2D eigenvalue weighted by Gasteiger charge is 2.41. The SMILES string of the molecule is COC(=O)N[C@H](C(=O)C[C@H]1CCCC[C@@H]1CC[C@H]1CN[C@@H]2CCCS(=O)(=O)N1C2)[C@@H](c1ccc(Cl)cc1)C1CCOCC1. The van der Waals surface area contributed by atoms with Crippen LogP contribution in [-0.4, -0.2) is 81.9 Å². The van der Waals surface area contributed by atoms with Gasteiger partial charge in [0.2, 0.25) is 10.0 Å². The molecule has 4 aliphatic rings. The number of hydrogen-bond acceptors (Lipinski definition) is 7. The van der Waals surface area contributed by atoms with E-state index in [-0.39, 0.29) is 41.4 Å². The van der Waals surface area contributed by atoms with Crippen molar-refractivity contribution < 1.29 is 27.5 Å². The van der Waals surface area contributed by atoms with Gasteiger partial charge in [-0.2, -0.15) is 4.31 Å². The molecule has 3 saturated heterocycles. The van der Waals surface area contributed by atoms with Gasteiger partial charge >= 0.3 is 6.09 Å². The Kier molecular flexibility index (Phi) is 11.4. The number of carbonyl (C=O) groups is 2. The first-order chi connectivity index (χ1) is 20.7. The Morgan fingerprint density at radius 1 is 1.05 bits per heavy atom. The molecule has 1 saturated carbocycles. The molecule has 9 nitrogen and oxygen atoms in total. The van der Waals surface area contributed by atoms with Crippen molar-refractivity contribution in [2.45, 2.75) is 94.7 Å². The largest absolute Gasteiger partial charge is 0.453 e. The van der Waals surface area contributed by atoms with Gasteiger partial charge < -0.3 is 20.1 Å². The smallest absolute Gasteiger partial charge is 0.407 e. The first kappa shape index (κ1) is 32.7. The van der Waals surface area contributed by atoms with Crippen LogP contribution < -0.4 is 10.6 Å². The Labute approximate surface area is 261 Å². The van der Waals surface area contributed by atoms with Gasteiger partial charge in [-0.1, -0.05) is 43.0 Å². The number of ether oxygens (including phenoxy) is 2. The number of sulfonamides is 1. The third-order valence-electron chi connectivity index (χ3n) is 10.4. The van der Waals surface area contributed by atoms with Crippen LogP contribution in [0.1, 0.15) is 82.1 Å². The molecule has 0 aromatic heterocycles. The third-order valence-corrected chi connectivity index (χ3v) is 12.6. The molecule has 0 radical (unpaired) electrons. The number of ketones is 1. The minimum Gasteiger partial charge on any atom is -0.453 e. The van der Waals surface area contributed by atoms with E-state index in [0.29, 0.717) is 50.1 Å². The number of hydrogen-bond donors (Lipinski definition) is 2. The number of piperazine rings is 1. The predicted octanol–water partition coefficient (Wildman–Crippen LogP) is 4.89. The van der Waals surface area contributed by atoms with E-state index in [2.05, 4.69) is 10.6 Å². The first-order valence-corrected chi connectivity index (χ1v) is 18.2. The summed E-state index contributed by atoms with van der Waals surface area (Å²) in [5.41, 5.74) is 0.980. The molecule has 1 aromatic carbocycles. The Morgan fingerprint density at radius 2 is 1.77 bits per heavy atom. The van der Waals surface area contributed by atoms with E-state index < -0.39 is 22.2 Å². The van der Waals surface area contributed by atoms with E-state index >= 15 is 0 Å². The summed E-state index contributed by atoms with van der Waals surface area (Å²) < 4.78 is 38.4. The predicted molar refractivity (Wildman–Crippen MR) is 167 cm³/mol. The van der Waals surface area contributed by atoms with E-state index in [1.807, 2.05) is 24.3 Å². The third kappa shape index (κ3) is 8.31. The Morgan fingerprint density at radius 3 is 2.49 bits per heavy atom. The summed E-state index contributed by atoms with van der Waals surface area (Å²) in [6, 6.07) is 7.10. The summed E-state index contributed by atoms with van der Waals surface area (Å²) in [6.45, 7) is 2.52. The zero-order valence-electron chi connectivity index (χ0n) is 25.3. The number of carbonyl (C=O) groups excluding carboxylic acids is 2. The molecule has 1 amide bonds. The number of alkyl carbamates (subject to hydrolysis) is 1. The molecule has 4 fully saturated rings. The fourth-order valence-corrected chi connectivity index (χ4v) is 9.96. The van der Waals surface area contributed by atoms with Gasteiger partial charge in [0.1, 0.15) is 0 Å². The molecule has 240 valence electrons. The van der Waals surface area contributed by atoms with Gasteiger partial charge in [0.05, 0.1) is 18.9 Å². The van der Waals surface area contributed by atoms with Crippen LogP contribution in [0.3, 0.4) is 0 Å². The number of rotatable bonds is 10. The second-order valence-electron chi connectivity index (χ2n) is 13.0. The number of benzene rings is 1. The van der Waals surface area contributed by atoms with Crippen LogP contribution >= 0.6 is 11.6 Å². The van der Waals surface area contributed by atoms with Crippen LogP contribution in [0, 0.1) is 17.8 Å². The molecule has 43 heavy (non-hydrogen) atoms. The average molecular weight is 638 g/mol. The van der Waals surface area contributed by atoms with Crippen LogP contribution in [0.2, 0.25) is 5.02 Å². The summed E-state index contributed by atoms with van der Waals surface area (Å²) in [4.78, 5) is 26.9. The first-order valence-electron chi connectivity index (χ1n) is 16.2. The van der Waals surface area contributed by atoms with Gasteiger partial charge in [-0.05, 0) is 80.4 Å². The number of fused-ring (bicyclic) bond motifs is 2. The molecule has 1 unspecified atom stereocenters. The average Bonchev–Trinajstić information content (AvgIpc) is 3.13. The standard InChI is InChI=1S/C32H48ClN3O6S/c1-41-32(38)35-31(30(24-14-16-42-17-15-24)23-8-11-26(33)12-9-23)29(37)19-25-6-3-2-5-22(25)10-13-28-20-34-27-7-4-18-43(39,40)36(28)21-27/h8-9,11-12,22,24-25,27-28,30-31,34H,2-7,10,13-21H2,1H3,(H,35,38)/t22-,25-,27-,28+,30+,31-/m1/s1. The lowest BCUT2D eigenvalue weighted by Crippen LogP contribution is -2.57. The highest BCUT2D eigenvalue weighted by Crippen LogP contribution is 2.40. The molecule has 11 heteroatoms. The van der Waals surface area contributed by atoms with E-state index in [1.165, 1.54) is 7.11 Å². The minimum atomic E-state index is -3.23. The van der Waals surface area contributed by atoms with E-state index in [0.717, 1.165) is 63.4 Å². The minimum absolute atomic E-state index is 0.0332. The molecule has 2 N–H and O–H groups in total. The second kappa shape index (κ2) is 15.0. The zero-order valence-corrected chi connectivity index (χ0v) is 26.9. The van der Waals surface area contributed by atoms with Gasteiger partial charge in [-0.3, -0.25) is 4.79 Å². The number of halogens is 1. The van der Waals surface area contributed by atoms with Crippen LogP contribution in [0.25, 0.3) is 0 Å². The highest BCUT2D eigenvalue weighted by molar-refractivity contribution is 7.89. The fourth-order valence-electron chi connectivity index (χ4n) is 8.02. The van der Waals surface area contributed by atoms with Gasteiger partial charge in [0.15, 0.2) is 5.78 Å². The van der Waals surface area contributed by atoms with Crippen molar-refractivity contribution in [3.63, 3.8) is 0 Å². The molecule has 2 bridgehead atoms. The molecule has 1 aromatic rings. The Hall–Kier alpha value is -1.72. The van der Waals surface area contributed by atoms with Crippen LogP contribution in [0.15, 0.2) is 24.3 Å². The van der Waals surface area contributed by atoms with Crippen LogP contribution in [0.4, 0.5) is 4.79 Å². The van der Waals surface area contributed by atoms with Crippen LogP contribution in [-0.2, 0) is 24.3 Å². The Balaban J connectivity index is 1.32. The molecular formula is C32H48ClN3O6S. The number of nitrogens with one attached hydrogen (secondary N) is 2. The number of nitrogens with zero attached hydrogens (tertiary/aromatic N) is 1. The lowest BCUT2D eigenvalue weighted by Gasteiger charge is -2.40. The Bertz CT molecular complexity index is 1190. The zero-order chi connectivity index (χ0) is 30.4. The summed E-state index contributed by atoms with van der Waals surface area (Å²) in [5.74, 6) is 0.769.